The molecule has 1 unspecified atom stereocenters. The van der Waals surface area contributed by atoms with Crippen molar-refractivity contribution >= 4 is 5.91 Å². The molecule has 1 aliphatic carbocycles. The van der Waals surface area contributed by atoms with Crippen LogP contribution in [0, 0.1) is 0 Å². The number of hydrogen-bond acceptors (Lipinski definition) is 2. The number of amides is 1. The summed E-state index contributed by atoms with van der Waals surface area (Å²) in [5, 5.41) is 6.48. The first-order valence-electron chi connectivity index (χ1n) is 6.43. The smallest absolute Gasteiger partial charge is 0.228 e. The van der Waals surface area contributed by atoms with Crippen LogP contribution in [0.2, 0.25) is 0 Å². The summed E-state index contributed by atoms with van der Waals surface area (Å²) in [6, 6.07) is 8.56. The monoisotopic (exact) mass is 230 g/mol. The Labute approximate surface area is 102 Å². The fourth-order valence-corrected chi connectivity index (χ4v) is 2.77. The van der Waals surface area contributed by atoms with Gasteiger partial charge in [0.15, 0.2) is 0 Å². The van der Waals surface area contributed by atoms with Gasteiger partial charge in [-0.05, 0) is 36.9 Å². The molecule has 1 amide bonds. The molecule has 0 saturated carbocycles. The SMILES string of the molecule is O=C(N[C@@H]1CCCNC1)C1Cc2ccccc21. The molecule has 1 aromatic carbocycles. The van der Waals surface area contributed by atoms with Crippen LogP contribution >= 0.6 is 0 Å². The molecule has 0 aromatic heterocycles. The quantitative estimate of drug-likeness (QED) is 0.801. The lowest BCUT2D eigenvalue weighted by Crippen LogP contribution is -2.48. The van der Waals surface area contributed by atoms with Crippen LogP contribution in [0.5, 0.6) is 0 Å². The highest BCUT2D eigenvalue weighted by Gasteiger charge is 2.32. The van der Waals surface area contributed by atoms with Crippen molar-refractivity contribution in [3.63, 3.8) is 0 Å². The third-order valence-electron chi connectivity index (χ3n) is 3.81. The Morgan fingerprint density at radius 2 is 2.24 bits per heavy atom. The predicted molar refractivity (Wildman–Crippen MR) is 66.9 cm³/mol. The van der Waals surface area contributed by atoms with E-state index in [0.717, 1.165) is 32.4 Å². The lowest BCUT2D eigenvalue weighted by Gasteiger charge is -2.32. The van der Waals surface area contributed by atoms with Crippen molar-refractivity contribution in [3.8, 4) is 0 Å². The molecule has 90 valence electrons. The number of benzene rings is 1. The van der Waals surface area contributed by atoms with Crippen LogP contribution < -0.4 is 10.6 Å². The van der Waals surface area contributed by atoms with Crippen LogP contribution in [-0.4, -0.2) is 25.0 Å². The van der Waals surface area contributed by atoms with Gasteiger partial charge in [0.1, 0.15) is 0 Å². The maximum atomic E-state index is 12.1. The summed E-state index contributed by atoms with van der Waals surface area (Å²) in [6.07, 6.45) is 3.17. The Balaban J connectivity index is 1.61. The normalized spacial score (nSPS) is 26.8. The molecule has 0 bridgehead atoms. The molecule has 1 fully saturated rings. The number of carbonyl (C=O) groups is 1. The Hall–Kier alpha value is -1.35. The minimum atomic E-state index is 0.0909. The van der Waals surface area contributed by atoms with E-state index in [1.807, 2.05) is 12.1 Å². The number of hydrogen-bond donors (Lipinski definition) is 2. The first-order valence-corrected chi connectivity index (χ1v) is 6.43. The molecule has 1 aromatic rings. The van der Waals surface area contributed by atoms with Crippen molar-refractivity contribution in [1.82, 2.24) is 10.6 Å². The van der Waals surface area contributed by atoms with Gasteiger partial charge < -0.3 is 10.6 Å². The molecule has 3 nitrogen and oxygen atoms in total. The van der Waals surface area contributed by atoms with Gasteiger partial charge in [0, 0.05) is 12.6 Å². The second-order valence-electron chi connectivity index (χ2n) is 5.01. The molecule has 1 saturated heterocycles. The van der Waals surface area contributed by atoms with E-state index in [4.69, 9.17) is 0 Å². The van der Waals surface area contributed by atoms with Gasteiger partial charge in [-0.3, -0.25) is 4.79 Å². The zero-order chi connectivity index (χ0) is 11.7. The third-order valence-corrected chi connectivity index (χ3v) is 3.81. The fourth-order valence-electron chi connectivity index (χ4n) is 2.77. The van der Waals surface area contributed by atoms with Crippen LogP contribution in [0.25, 0.3) is 0 Å². The number of fused-ring (bicyclic) bond motifs is 1. The molecule has 3 heteroatoms. The zero-order valence-electron chi connectivity index (χ0n) is 9.91. The van der Waals surface area contributed by atoms with E-state index in [9.17, 15) is 4.79 Å². The minimum Gasteiger partial charge on any atom is -0.352 e. The molecular weight excluding hydrogens is 212 g/mol. The summed E-state index contributed by atoms with van der Waals surface area (Å²) in [6.45, 7) is 2.00. The van der Waals surface area contributed by atoms with Crippen molar-refractivity contribution in [2.75, 3.05) is 13.1 Å². The van der Waals surface area contributed by atoms with Gasteiger partial charge in [-0.25, -0.2) is 0 Å². The van der Waals surface area contributed by atoms with Crippen molar-refractivity contribution in [1.29, 1.82) is 0 Å². The van der Waals surface area contributed by atoms with E-state index in [2.05, 4.69) is 22.8 Å². The molecule has 1 heterocycles. The highest BCUT2D eigenvalue weighted by molar-refractivity contribution is 5.87. The summed E-state index contributed by atoms with van der Waals surface area (Å²) >= 11 is 0. The summed E-state index contributed by atoms with van der Waals surface area (Å²) < 4.78 is 0. The summed E-state index contributed by atoms with van der Waals surface area (Å²) in [5.41, 5.74) is 2.54. The first kappa shape index (κ1) is 10.8. The number of carbonyl (C=O) groups excluding carboxylic acids is 1. The van der Waals surface area contributed by atoms with Gasteiger partial charge in [0.2, 0.25) is 5.91 Å². The lowest BCUT2D eigenvalue weighted by molar-refractivity contribution is -0.123. The number of rotatable bonds is 2. The molecule has 2 N–H and O–H groups in total. The van der Waals surface area contributed by atoms with E-state index in [1.165, 1.54) is 11.1 Å². The Morgan fingerprint density at radius 1 is 1.35 bits per heavy atom. The minimum absolute atomic E-state index is 0.0909. The highest BCUT2D eigenvalue weighted by Crippen LogP contribution is 2.34. The van der Waals surface area contributed by atoms with Gasteiger partial charge in [-0.15, -0.1) is 0 Å². The molecule has 0 spiro atoms. The summed E-state index contributed by atoms with van der Waals surface area (Å²) in [5.74, 6) is 0.297. The maximum absolute atomic E-state index is 12.1. The van der Waals surface area contributed by atoms with Crippen molar-refractivity contribution in [2.45, 2.75) is 31.2 Å². The van der Waals surface area contributed by atoms with E-state index in [-0.39, 0.29) is 11.8 Å². The topological polar surface area (TPSA) is 41.1 Å². The summed E-state index contributed by atoms with van der Waals surface area (Å²) in [7, 11) is 0. The van der Waals surface area contributed by atoms with Crippen LogP contribution in [0.1, 0.15) is 29.9 Å². The number of nitrogens with one attached hydrogen (secondary N) is 2. The van der Waals surface area contributed by atoms with Crippen LogP contribution in [0.3, 0.4) is 0 Å². The first-order chi connectivity index (χ1) is 8.34. The molecule has 1 aliphatic heterocycles. The lowest BCUT2D eigenvalue weighted by atomic mass is 9.77. The molecule has 17 heavy (non-hydrogen) atoms. The van der Waals surface area contributed by atoms with E-state index in [0.29, 0.717) is 6.04 Å². The van der Waals surface area contributed by atoms with Gasteiger partial charge >= 0.3 is 0 Å². The van der Waals surface area contributed by atoms with Gasteiger partial charge in [-0.1, -0.05) is 24.3 Å². The zero-order valence-corrected chi connectivity index (χ0v) is 9.91. The standard InChI is InChI=1S/C14H18N2O/c17-14(16-11-5-3-7-15-9-11)13-8-10-4-1-2-6-12(10)13/h1-2,4,6,11,13,15H,3,5,7-9H2,(H,16,17)/t11-,13?/m1/s1. The average molecular weight is 230 g/mol. The largest absolute Gasteiger partial charge is 0.352 e. The van der Waals surface area contributed by atoms with Gasteiger partial charge in [-0.2, -0.15) is 0 Å². The van der Waals surface area contributed by atoms with Crippen LogP contribution in [-0.2, 0) is 11.2 Å². The van der Waals surface area contributed by atoms with Gasteiger partial charge in [0.25, 0.3) is 0 Å². The Bertz CT molecular complexity index is 424. The average Bonchev–Trinajstić information content (AvgIpc) is 2.32. The molecule has 2 aliphatic rings. The molecule has 0 radical (unpaired) electrons. The van der Waals surface area contributed by atoms with Crippen LogP contribution in [0.15, 0.2) is 24.3 Å². The van der Waals surface area contributed by atoms with E-state index in [1.54, 1.807) is 0 Å². The van der Waals surface area contributed by atoms with Crippen molar-refractivity contribution < 1.29 is 4.79 Å². The second-order valence-corrected chi connectivity index (χ2v) is 5.01. The molecule has 3 rings (SSSR count). The molecular formula is C14H18N2O. The van der Waals surface area contributed by atoms with Crippen molar-refractivity contribution in [3.05, 3.63) is 35.4 Å². The van der Waals surface area contributed by atoms with E-state index >= 15 is 0 Å². The summed E-state index contributed by atoms with van der Waals surface area (Å²) in [4.78, 5) is 12.1. The Morgan fingerprint density at radius 3 is 3.00 bits per heavy atom. The molecule has 2 atom stereocenters. The number of piperidine rings is 1. The van der Waals surface area contributed by atoms with Gasteiger partial charge in [0.05, 0.1) is 5.92 Å². The van der Waals surface area contributed by atoms with E-state index < -0.39 is 0 Å². The maximum Gasteiger partial charge on any atom is 0.228 e. The highest BCUT2D eigenvalue weighted by atomic mass is 16.2. The predicted octanol–water partition coefficient (Wildman–Crippen LogP) is 1.19. The van der Waals surface area contributed by atoms with Crippen molar-refractivity contribution in [2.24, 2.45) is 0 Å². The fraction of sp³-hybridized carbons (Fsp3) is 0.500. The third kappa shape index (κ3) is 2.07. The van der Waals surface area contributed by atoms with Crippen LogP contribution in [0.4, 0.5) is 0 Å². The Kier molecular flexibility index (Phi) is 2.85. The second kappa shape index (κ2) is 4.49.